The summed E-state index contributed by atoms with van der Waals surface area (Å²) in [5, 5.41) is 16.5. The third-order valence-electron chi connectivity index (χ3n) is 3.67. The average molecular weight is 423 g/mol. The highest BCUT2D eigenvalue weighted by atomic mass is 35.5. The number of amides is 2. The minimum atomic E-state index is -0.675. The van der Waals surface area contributed by atoms with Gasteiger partial charge in [0, 0.05) is 36.5 Å². The molecule has 0 saturated carbocycles. The molecule has 4 N–H and O–H groups in total. The van der Waals surface area contributed by atoms with Crippen molar-refractivity contribution in [2.75, 3.05) is 32.1 Å². The Hall–Kier alpha value is -3.53. The van der Waals surface area contributed by atoms with Crippen LogP contribution in [0.25, 0.3) is 0 Å². The number of benzene rings is 2. The molecule has 0 aromatic heterocycles. The molecule has 0 aliphatic carbocycles. The zero-order valence-corrected chi connectivity index (χ0v) is 16.2. The van der Waals surface area contributed by atoms with Gasteiger partial charge in [-0.2, -0.15) is 0 Å². The first-order valence-corrected chi connectivity index (χ1v) is 8.74. The number of non-ortho nitro benzene ring substituents is 1. The number of nitrogens with zero attached hydrogens (tertiary/aromatic N) is 1. The molecule has 0 aliphatic rings. The van der Waals surface area contributed by atoms with E-state index in [1.807, 2.05) is 0 Å². The fourth-order valence-electron chi connectivity index (χ4n) is 2.32. The first-order valence-electron chi connectivity index (χ1n) is 8.37. The van der Waals surface area contributed by atoms with Gasteiger partial charge in [0.1, 0.15) is 0 Å². The molecule has 0 atom stereocenters. The number of nitrogens with one attached hydrogen (secondary N) is 2. The van der Waals surface area contributed by atoms with Crippen molar-refractivity contribution >= 4 is 34.8 Å². The summed E-state index contributed by atoms with van der Waals surface area (Å²) in [5.74, 6) is -0.764. The lowest BCUT2D eigenvalue weighted by molar-refractivity contribution is -0.384. The predicted molar refractivity (Wildman–Crippen MR) is 107 cm³/mol. The Bertz CT molecular complexity index is 904. The molecule has 0 unspecified atom stereocenters. The van der Waals surface area contributed by atoms with Crippen LogP contribution in [0.1, 0.15) is 10.4 Å². The number of methoxy groups -OCH3 is 1. The smallest absolute Gasteiger partial charge is 0.269 e. The molecule has 10 nitrogen and oxygen atoms in total. The van der Waals surface area contributed by atoms with Gasteiger partial charge in [0.05, 0.1) is 17.1 Å². The van der Waals surface area contributed by atoms with Crippen molar-refractivity contribution in [1.29, 1.82) is 0 Å². The minimum absolute atomic E-state index is 0.00191. The molecule has 0 saturated heterocycles. The number of anilines is 1. The zero-order valence-electron chi connectivity index (χ0n) is 15.4. The molecule has 11 heteroatoms. The quantitative estimate of drug-likeness (QED) is 0.301. The van der Waals surface area contributed by atoms with Crippen molar-refractivity contribution in [3.63, 3.8) is 0 Å². The predicted octanol–water partition coefficient (Wildman–Crippen LogP) is 1.96. The van der Waals surface area contributed by atoms with Gasteiger partial charge in [0.25, 0.3) is 17.5 Å². The summed E-state index contributed by atoms with van der Waals surface area (Å²) in [6.45, 7) is 0.305. The number of nitrogens with two attached hydrogens (primary N) is 1. The molecule has 29 heavy (non-hydrogen) atoms. The Kier molecular flexibility index (Phi) is 7.61. The summed E-state index contributed by atoms with van der Waals surface area (Å²) >= 11 is 6.12. The fraction of sp³-hybridized carbons (Fsp3) is 0.222. The van der Waals surface area contributed by atoms with Gasteiger partial charge < -0.3 is 25.8 Å². The van der Waals surface area contributed by atoms with Gasteiger partial charge in [0.2, 0.25) is 0 Å². The van der Waals surface area contributed by atoms with E-state index in [4.69, 9.17) is 26.8 Å². The van der Waals surface area contributed by atoms with Crippen LogP contribution in [-0.4, -0.2) is 43.5 Å². The number of nitro groups is 1. The number of hydrogen-bond acceptors (Lipinski definition) is 7. The van der Waals surface area contributed by atoms with E-state index in [2.05, 4.69) is 10.6 Å². The maximum Gasteiger partial charge on any atom is 0.269 e. The van der Waals surface area contributed by atoms with E-state index in [0.29, 0.717) is 12.2 Å². The van der Waals surface area contributed by atoms with Crippen molar-refractivity contribution in [2.45, 2.75) is 0 Å². The molecular formula is C18H19ClN4O6. The van der Waals surface area contributed by atoms with Crippen LogP contribution in [0.4, 0.5) is 11.4 Å². The normalized spacial score (nSPS) is 10.1. The van der Waals surface area contributed by atoms with E-state index in [1.54, 1.807) is 12.1 Å². The third-order valence-corrected chi connectivity index (χ3v) is 3.95. The second-order valence-corrected chi connectivity index (χ2v) is 6.14. The maximum absolute atomic E-state index is 12.3. The van der Waals surface area contributed by atoms with Crippen LogP contribution in [0.3, 0.4) is 0 Å². The van der Waals surface area contributed by atoms with Crippen LogP contribution >= 0.6 is 11.6 Å². The number of carbonyl (C=O) groups excluding carboxylic acids is 2. The van der Waals surface area contributed by atoms with Gasteiger partial charge in [-0.15, -0.1) is 0 Å². The highest BCUT2D eigenvalue weighted by Crippen LogP contribution is 2.36. The van der Waals surface area contributed by atoms with Crippen molar-refractivity contribution in [3.8, 4) is 11.5 Å². The molecule has 154 valence electrons. The monoisotopic (exact) mass is 422 g/mol. The lowest BCUT2D eigenvalue weighted by atomic mass is 10.2. The van der Waals surface area contributed by atoms with Gasteiger partial charge in [-0.1, -0.05) is 11.6 Å². The second-order valence-electron chi connectivity index (χ2n) is 5.73. The number of rotatable bonds is 10. The molecule has 2 aromatic carbocycles. The molecular weight excluding hydrogens is 404 g/mol. The van der Waals surface area contributed by atoms with Gasteiger partial charge >= 0.3 is 0 Å². The van der Waals surface area contributed by atoms with E-state index < -0.39 is 16.7 Å². The Labute approximate surface area is 171 Å². The summed E-state index contributed by atoms with van der Waals surface area (Å²) in [4.78, 5) is 33.3. The Morgan fingerprint density at radius 3 is 2.48 bits per heavy atom. The number of primary amides is 1. The summed E-state index contributed by atoms with van der Waals surface area (Å²) in [6, 6.07) is 8.75. The Balaban J connectivity index is 1.92. The largest absolute Gasteiger partial charge is 0.493 e. The van der Waals surface area contributed by atoms with Crippen molar-refractivity contribution in [2.24, 2.45) is 5.73 Å². The summed E-state index contributed by atoms with van der Waals surface area (Å²) in [6.07, 6.45) is 0. The van der Waals surface area contributed by atoms with Crippen LogP contribution in [0.2, 0.25) is 5.02 Å². The Morgan fingerprint density at radius 1 is 1.21 bits per heavy atom. The number of hydrogen-bond donors (Lipinski definition) is 3. The van der Waals surface area contributed by atoms with Gasteiger partial charge in [-0.05, 0) is 24.3 Å². The number of nitro benzene ring substituents is 1. The average Bonchev–Trinajstić information content (AvgIpc) is 2.69. The standard InChI is InChI=1S/C18H19ClN4O6/c1-28-15-9-11(8-14(19)17(15)29-10-16(20)24)18(25)22-7-6-21-12-2-4-13(5-3-12)23(26)27/h2-5,8-9,21H,6-7,10H2,1H3,(H2,20,24)(H,22,25). The zero-order chi connectivity index (χ0) is 21.4. The van der Waals surface area contributed by atoms with Crippen LogP contribution in [0, 0.1) is 10.1 Å². The lowest BCUT2D eigenvalue weighted by Crippen LogP contribution is -2.28. The highest BCUT2D eigenvalue weighted by molar-refractivity contribution is 6.32. The van der Waals surface area contributed by atoms with E-state index in [0.717, 1.165) is 0 Å². The number of ether oxygens (including phenoxy) is 2. The van der Waals surface area contributed by atoms with Crippen molar-refractivity contribution < 1.29 is 24.0 Å². The van der Waals surface area contributed by atoms with E-state index in [9.17, 15) is 19.7 Å². The number of carbonyl (C=O) groups is 2. The minimum Gasteiger partial charge on any atom is -0.493 e. The number of halogens is 1. The molecule has 0 heterocycles. The lowest BCUT2D eigenvalue weighted by Gasteiger charge is -2.13. The third kappa shape index (κ3) is 6.25. The molecule has 0 fully saturated rings. The second kappa shape index (κ2) is 10.1. The van der Waals surface area contributed by atoms with Crippen LogP contribution in [0.15, 0.2) is 36.4 Å². The van der Waals surface area contributed by atoms with E-state index >= 15 is 0 Å². The molecule has 2 aromatic rings. The van der Waals surface area contributed by atoms with Crippen molar-refractivity contribution in [1.82, 2.24) is 5.32 Å². The molecule has 2 amide bonds. The molecule has 0 radical (unpaired) electrons. The summed E-state index contributed by atoms with van der Waals surface area (Å²) in [5.41, 5.74) is 5.97. The SMILES string of the molecule is COc1cc(C(=O)NCCNc2ccc([N+](=O)[O-])cc2)cc(Cl)c1OCC(N)=O. The van der Waals surface area contributed by atoms with Gasteiger partial charge in [-0.3, -0.25) is 19.7 Å². The van der Waals surface area contributed by atoms with E-state index in [-0.39, 0.29) is 40.9 Å². The molecule has 0 spiro atoms. The molecule has 0 bridgehead atoms. The van der Waals surface area contributed by atoms with Gasteiger partial charge in [0.15, 0.2) is 18.1 Å². The highest BCUT2D eigenvalue weighted by Gasteiger charge is 2.16. The summed E-state index contributed by atoms with van der Waals surface area (Å²) < 4.78 is 10.4. The van der Waals surface area contributed by atoms with E-state index in [1.165, 1.54) is 31.4 Å². The summed E-state index contributed by atoms with van der Waals surface area (Å²) in [7, 11) is 1.37. The van der Waals surface area contributed by atoms with Crippen molar-refractivity contribution in [3.05, 3.63) is 57.1 Å². The van der Waals surface area contributed by atoms with Crippen LogP contribution in [0.5, 0.6) is 11.5 Å². The van der Waals surface area contributed by atoms with Crippen LogP contribution in [-0.2, 0) is 4.79 Å². The van der Waals surface area contributed by atoms with Gasteiger partial charge in [-0.25, -0.2) is 0 Å². The topological polar surface area (TPSA) is 146 Å². The molecule has 0 aliphatic heterocycles. The first-order chi connectivity index (χ1) is 13.8. The fourth-order valence-corrected chi connectivity index (χ4v) is 2.59. The maximum atomic E-state index is 12.3. The first kappa shape index (κ1) is 21.8. The molecule has 2 rings (SSSR count). The van der Waals surface area contributed by atoms with Crippen LogP contribution < -0.4 is 25.8 Å². The Morgan fingerprint density at radius 2 is 1.90 bits per heavy atom.